The van der Waals surface area contributed by atoms with Gasteiger partial charge in [0.2, 0.25) is 0 Å². The number of aliphatic carboxylic acids is 1. The molecule has 1 amide bonds. The van der Waals surface area contributed by atoms with Gasteiger partial charge in [-0.15, -0.1) is 0 Å². The molecule has 7 heteroatoms. The highest BCUT2D eigenvalue weighted by atomic mass is 79.9. The number of carbonyl (C=O) groups excluding carboxylic acids is 2. The van der Waals surface area contributed by atoms with Gasteiger partial charge in [0.1, 0.15) is 17.7 Å². The van der Waals surface area contributed by atoms with Crippen molar-refractivity contribution in [1.29, 1.82) is 0 Å². The fourth-order valence-corrected chi connectivity index (χ4v) is 1.82. The molecule has 0 bridgehead atoms. The van der Waals surface area contributed by atoms with E-state index >= 15 is 0 Å². The molecule has 1 rings (SSSR count). The number of carbonyl (C=O) groups is 2. The third kappa shape index (κ3) is 5.73. The number of carboxylic acids is 1. The molecule has 2 atom stereocenters. The lowest BCUT2D eigenvalue weighted by atomic mass is 10.0. The first-order chi connectivity index (χ1) is 9.60. The molecule has 0 fully saturated rings. The van der Waals surface area contributed by atoms with Crippen LogP contribution in [0.4, 0.5) is 4.79 Å². The molecule has 0 radical (unpaired) electrons. The zero-order valence-corrected chi connectivity index (χ0v) is 13.5. The Kier molecular flexibility index (Phi) is 5.74. The van der Waals surface area contributed by atoms with Gasteiger partial charge in [0.05, 0.1) is 5.97 Å². The molecule has 1 aromatic carbocycles. The SMILES string of the molecule is CC(C)(C)OC(=O)N[C@H](C(=O)[O-])[C@H](O)c1ccc(Br)cc1. The summed E-state index contributed by atoms with van der Waals surface area (Å²) in [5.41, 5.74) is -0.438. The maximum absolute atomic E-state index is 11.6. The van der Waals surface area contributed by atoms with Crippen LogP contribution in [0.5, 0.6) is 0 Å². The number of hydrogen-bond donors (Lipinski definition) is 2. The number of alkyl carbamates (subject to hydrolysis) is 1. The summed E-state index contributed by atoms with van der Waals surface area (Å²) >= 11 is 3.23. The topological polar surface area (TPSA) is 98.7 Å². The van der Waals surface area contributed by atoms with Gasteiger partial charge in [0, 0.05) is 4.47 Å². The number of benzene rings is 1. The Hall–Kier alpha value is -1.60. The van der Waals surface area contributed by atoms with Crippen LogP contribution >= 0.6 is 15.9 Å². The van der Waals surface area contributed by atoms with Crippen LogP contribution in [0.2, 0.25) is 0 Å². The molecular weight excluding hydrogens is 342 g/mol. The highest BCUT2D eigenvalue weighted by Crippen LogP contribution is 2.20. The van der Waals surface area contributed by atoms with Gasteiger partial charge in [-0.1, -0.05) is 28.1 Å². The van der Waals surface area contributed by atoms with Crippen LogP contribution in [0, 0.1) is 0 Å². The van der Waals surface area contributed by atoms with Crippen molar-refractivity contribution in [3.63, 3.8) is 0 Å². The number of halogens is 1. The van der Waals surface area contributed by atoms with E-state index in [4.69, 9.17) is 4.74 Å². The minimum Gasteiger partial charge on any atom is -0.548 e. The largest absolute Gasteiger partial charge is 0.548 e. The Morgan fingerprint density at radius 1 is 1.29 bits per heavy atom. The Balaban J connectivity index is 2.84. The molecule has 0 aliphatic rings. The monoisotopic (exact) mass is 358 g/mol. The minimum atomic E-state index is -1.61. The smallest absolute Gasteiger partial charge is 0.408 e. The van der Waals surface area contributed by atoms with Crippen LogP contribution in [0.25, 0.3) is 0 Å². The molecule has 0 aromatic heterocycles. The Bertz CT molecular complexity index is 509. The van der Waals surface area contributed by atoms with E-state index in [2.05, 4.69) is 21.2 Å². The van der Waals surface area contributed by atoms with Gasteiger partial charge in [0.15, 0.2) is 0 Å². The van der Waals surface area contributed by atoms with Crippen molar-refractivity contribution in [3.8, 4) is 0 Å². The molecule has 0 saturated carbocycles. The lowest BCUT2D eigenvalue weighted by molar-refractivity contribution is -0.310. The number of aliphatic hydroxyl groups is 1. The molecule has 0 saturated heterocycles. The first-order valence-electron chi connectivity index (χ1n) is 6.24. The van der Waals surface area contributed by atoms with E-state index in [1.54, 1.807) is 45.0 Å². The van der Waals surface area contributed by atoms with Crippen LogP contribution in [-0.4, -0.2) is 28.8 Å². The van der Waals surface area contributed by atoms with Crippen LogP contribution in [0.15, 0.2) is 28.7 Å². The van der Waals surface area contributed by atoms with E-state index in [0.717, 1.165) is 4.47 Å². The Morgan fingerprint density at radius 2 is 1.81 bits per heavy atom. The van der Waals surface area contributed by atoms with E-state index in [0.29, 0.717) is 5.56 Å². The average Bonchev–Trinajstić information content (AvgIpc) is 2.33. The second-order valence-corrected chi connectivity index (χ2v) is 6.36. The molecule has 6 nitrogen and oxygen atoms in total. The van der Waals surface area contributed by atoms with Crippen LogP contribution in [0.1, 0.15) is 32.4 Å². The highest BCUT2D eigenvalue weighted by molar-refractivity contribution is 9.10. The number of hydrogen-bond acceptors (Lipinski definition) is 5. The molecule has 116 valence electrons. The molecule has 21 heavy (non-hydrogen) atoms. The molecule has 0 aliphatic heterocycles. The average molecular weight is 359 g/mol. The van der Waals surface area contributed by atoms with E-state index < -0.39 is 29.8 Å². The molecule has 0 spiro atoms. The van der Waals surface area contributed by atoms with Crippen molar-refractivity contribution in [1.82, 2.24) is 5.32 Å². The highest BCUT2D eigenvalue weighted by Gasteiger charge is 2.26. The van der Waals surface area contributed by atoms with Crippen LogP contribution < -0.4 is 10.4 Å². The van der Waals surface area contributed by atoms with Crippen molar-refractivity contribution >= 4 is 28.0 Å². The number of amides is 1. The summed E-state index contributed by atoms with van der Waals surface area (Å²) in [5, 5.41) is 23.3. The molecule has 0 heterocycles. The van der Waals surface area contributed by atoms with Crippen LogP contribution in [0.3, 0.4) is 0 Å². The first kappa shape index (κ1) is 17.5. The number of carboxylic acid groups (broad SMARTS) is 1. The number of nitrogens with one attached hydrogen (secondary N) is 1. The van der Waals surface area contributed by atoms with Gasteiger partial charge in [0.25, 0.3) is 0 Å². The number of ether oxygens (including phenoxy) is 1. The third-order valence-corrected chi connectivity index (χ3v) is 2.98. The van der Waals surface area contributed by atoms with Crippen LogP contribution in [-0.2, 0) is 9.53 Å². The van der Waals surface area contributed by atoms with Gasteiger partial charge < -0.3 is 25.1 Å². The molecule has 0 unspecified atom stereocenters. The quantitative estimate of drug-likeness (QED) is 0.840. The zero-order chi connectivity index (χ0) is 16.2. The predicted molar refractivity (Wildman–Crippen MR) is 77.3 cm³/mol. The maximum Gasteiger partial charge on any atom is 0.408 e. The minimum absolute atomic E-state index is 0.337. The van der Waals surface area contributed by atoms with Crippen molar-refractivity contribution in [3.05, 3.63) is 34.3 Å². The van der Waals surface area contributed by atoms with Gasteiger partial charge in [-0.2, -0.15) is 0 Å². The summed E-state index contributed by atoms with van der Waals surface area (Å²) in [7, 11) is 0. The fourth-order valence-electron chi connectivity index (χ4n) is 1.55. The second kappa shape index (κ2) is 6.91. The lowest BCUT2D eigenvalue weighted by Crippen LogP contribution is -2.52. The third-order valence-electron chi connectivity index (χ3n) is 2.45. The summed E-state index contributed by atoms with van der Waals surface area (Å²) in [6, 6.07) is 4.78. The van der Waals surface area contributed by atoms with E-state index in [1.807, 2.05) is 0 Å². The standard InChI is InChI=1S/C14H18BrNO5/c1-14(2,3)21-13(20)16-10(12(18)19)11(17)8-4-6-9(15)7-5-8/h4-7,10-11,17H,1-3H3,(H,16,20)(H,18,19)/p-1/t10-,11+/m0/s1. The van der Waals surface area contributed by atoms with Crippen molar-refractivity contribution in [2.24, 2.45) is 0 Å². The molecule has 1 aromatic rings. The molecule has 0 aliphatic carbocycles. The normalized spacial score (nSPS) is 14.1. The van der Waals surface area contributed by atoms with Crippen molar-refractivity contribution in [2.75, 3.05) is 0 Å². The fraction of sp³-hybridized carbons (Fsp3) is 0.429. The zero-order valence-electron chi connectivity index (χ0n) is 11.9. The first-order valence-corrected chi connectivity index (χ1v) is 7.03. The summed E-state index contributed by atoms with van der Waals surface area (Å²) < 4.78 is 5.74. The van der Waals surface area contributed by atoms with E-state index in [-0.39, 0.29) is 0 Å². The summed E-state index contributed by atoms with van der Waals surface area (Å²) in [6.45, 7) is 4.93. The number of aliphatic hydroxyl groups excluding tert-OH is 1. The van der Waals surface area contributed by atoms with E-state index in [1.165, 1.54) is 0 Å². The van der Waals surface area contributed by atoms with Crippen molar-refractivity contribution < 1.29 is 24.5 Å². The summed E-state index contributed by atoms with van der Waals surface area (Å²) in [5.74, 6) is -1.60. The molecule has 2 N–H and O–H groups in total. The predicted octanol–water partition coefficient (Wildman–Crippen LogP) is 1.13. The van der Waals surface area contributed by atoms with Gasteiger partial charge in [-0.05, 0) is 38.5 Å². The van der Waals surface area contributed by atoms with Gasteiger partial charge in [-0.3, -0.25) is 0 Å². The van der Waals surface area contributed by atoms with E-state index in [9.17, 15) is 19.8 Å². The second-order valence-electron chi connectivity index (χ2n) is 5.44. The Labute approximate surface area is 131 Å². The summed E-state index contributed by atoms with van der Waals surface area (Å²) in [6.07, 6.45) is -2.39. The Morgan fingerprint density at radius 3 is 2.24 bits per heavy atom. The van der Waals surface area contributed by atoms with Gasteiger partial charge in [-0.25, -0.2) is 4.79 Å². The maximum atomic E-state index is 11.6. The summed E-state index contributed by atoms with van der Waals surface area (Å²) in [4.78, 5) is 22.8. The van der Waals surface area contributed by atoms with Gasteiger partial charge >= 0.3 is 6.09 Å². The molecular formula is C14H17BrNO5-. The number of rotatable bonds is 4. The van der Waals surface area contributed by atoms with Crippen molar-refractivity contribution in [2.45, 2.75) is 38.5 Å². The lowest BCUT2D eigenvalue weighted by Gasteiger charge is -2.27.